The normalized spacial score (nSPS) is 12.8. The topological polar surface area (TPSA) is 176 Å². The predicted octanol–water partition coefficient (Wildman–Crippen LogP) is 13.1. The summed E-state index contributed by atoms with van der Waals surface area (Å²) in [6, 6.07) is -0.324. The number of nitrogens with one attached hydrogen (secondary N) is 1. The van der Waals surface area contributed by atoms with Crippen LogP contribution in [0.3, 0.4) is 0 Å². The first-order chi connectivity index (χ1) is 33.4. The van der Waals surface area contributed by atoms with Crippen LogP contribution in [0.4, 0.5) is 0 Å². The molecule has 69 heavy (non-hydrogen) atoms. The Morgan fingerprint density at radius 3 is 1.22 bits per heavy atom. The van der Waals surface area contributed by atoms with Crippen molar-refractivity contribution in [3.63, 3.8) is 0 Å². The van der Waals surface area contributed by atoms with E-state index >= 15 is 0 Å². The number of nitrogens with zero attached hydrogens (tertiary/aromatic N) is 2. The summed E-state index contributed by atoms with van der Waals surface area (Å²) in [6.07, 6.45) is 29.9. The third kappa shape index (κ3) is 48.3. The molecule has 0 radical (unpaired) electrons. The molecule has 0 aromatic rings. The minimum absolute atomic E-state index is 0.0213. The minimum atomic E-state index is -0.335. The van der Waals surface area contributed by atoms with E-state index in [1.807, 2.05) is 14.1 Å². The van der Waals surface area contributed by atoms with E-state index in [2.05, 4.69) is 56.9 Å². The lowest BCUT2D eigenvalue weighted by Crippen LogP contribution is -2.40. The van der Waals surface area contributed by atoms with Gasteiger partial charge in [-0.05, 0) is 117 Å². The van der Waals surface area contributed by atoms with Crippen molar-refractivity contribution in [2.75, 3.05) is 46.9 Å². The standard InChI is InChI=1S/C42H80N2O8.C13H25NO3/c1-7-11-13-15-17-19-26-37(9-3)51-41(47)30-23-21-28-39(45)49-34-36(43-32-25-33-44(5)6)35-50-40(46)29-22-24-31-42(48)52-38(10-4)27-20-18-16-14-12-8-2;1-3-5-6-7-9-12(8-4-2)17-13(15)10-11-14-16/h36-38,43H,7-35H2,1-6H3;12H,3-11H2,1-2H3. The van der Waals surface area contributed by atoms with Crippen molar-refractivity contribution in [2.24, 2.45) is 5.18 Å². The maximum absolute atomic E-state index is 12.5. The molecular weight excluding hydrogens is 879 g/mol. The fraction of sp³-hybridized carbons (Fsp3) is 0.909. The zero-order chi connectivity index (χ0) is 51.6. The second-order valence-corrected chi connectivity index (χ2v) is 19.1. The van der Waals surface area contributed by atoms with Crippen molar-refractivity contribution in [2.45, 2.75) is 278 Å². The summed E-state index contributed by atoms with van der Waals surface area (Å²) in [5.41, 5.74) is 0. The number of hydrogen-bond acceptors (Lipinski definition) is 14. The summed E-state index contributed by atoms with van der Waals surface area (Å²) in [5.74, 6) is -1.35. The highest BCUT2D eigenvalue weighted by molar-refractivity contribution is 5.71. The van der Waals surface area contributed by atoms with Crippen molar-refractivity contribution in [3.05, 3.63) is 4.91 Å². The van der Waals surface area contributed by atoms with Crippen LogP contribution in [0.2, 0.25) is 0 Å². The van der Waals surface area contributed by atoms with Crippen LogP contribution in [-0.2, 0) is 47.7 Å². The number of esters is 5. The minimum Gasteiger partial charge on any atom is -0.464 e. The van der Waals surface area contributed by atoms with Gasteiger partial charge in [0.15, 0.2) is 0 Å². The number of hydrogen-bond donors (Lipinski definition) is 1. The van der Waals surface area contributed by atoms with Gasteiger partial charge in [0.25, 0.3) is 0 Å². The Morgan fingerprint density at radius 2 is 0.812 bits per heavy atom. The smallest absolute Gasteiger partial charge is 0.308 e. The highest BCUT2D eigenvalue weighted by Gasteiger charge is 2.18. The number of nitroso groups, excluding NO2 is 1. The molecule has 3 atom stereocenters. The van der Waals surface area contributed by atoms with Crippen molar-refractivity contribution >= 4 is 29.8 Å². The lowest BCUT2D eigenvalue weighted by atomic mass is 10.1. The molecule has 0 fully saturated rings. The van der Waals surface area contributed by atoms with Gasteiger partial charge >= 0.3 is 29.8 Å². The molecule has 14 nitrogen and oxygen atoms in total. The molecule has 0 aromatic heterocycles. The number of carbonyl (C=O) groups is 5. The van der Waals surface area contributed by atoms with E-state index in [0.29, 0.717) is 45.1 Å². The summed E-state index contributed by atoms with van der Waals surface area (Å²) >= 11 is 0. The molecule has 3 unspecified atom stereocenters. The second-order valence-electron chi connectivity index (χ2n) is 19.1. The van der Waals surface area contributed by atoms with Crippen LogP contribution in [0, 0.1) is 4.91 Å². The molecule has 0 saturated heterocycles. The average molecular weight is 984 g/mol. The van der Waals surface area contributed by atoms with E-state index in [1.165, 1.54) is 83.5 Å². The first-order valence-electron chi connectivity index (χ1n) is 28.0. The van der Waals surface area contributed by atoms with Crippen LogP contribution in [0.1, 0.15) is 253 Å². The van der Waals surface area contributed by atoms with Gasteiger partial charge in [-0.3, -0.25) is 24.0 Å². The third-order valence-electron chi connectivity index (χ3n) is 12.1. The summed E-state index contributed by atoms with van der Waals surface area (Å²) < 4.78 is 27.7. The lowest BCUT2D eigenvalue weighted by molar-refractivity contribution is -0.151. The van der Waals surface area contributed by atoms with Gasteiger partial charge in [-0.15, -0.1) is 0 Å². The lowest BCUT2D eigenvalue weighted by Gasteiger charge is -2.19. The molecule has 14 heteroatoms. The van der Waals surface area contributed by atoms with Crippen LogP contribution < -0.4 is 5.32 Å². The highest BCUT2D eigenvalue weighted by Crippen LogP contribution is 2.17. The Bertz CT molecular complexity index is 1180. The Balaban J connectivity index is 0. The number of ether oxygens (including phenoxy) is 5. The van der Waals surface area contributed by atoms with Gasteiger partial charge < -0.3 is 33.9 Å². The van der Waals surface area contributed by atoms with E-state index in [4.69, 9.17) is 23.7 Å². The van der Waals surface area contributed by atoms with Gasteiger partial charge in [0.1, 0.15) is 31.5 Å². The van der Waals surface area contributed by atoms with Gasteiger partial charge in [-0.25, -0.2) is 0 Å². The fourth-order valence-electron chi connectivity index (χ4n) is 7.73. The molecule has 0 saturated carbocycles. The van der Waals surface area contributed by atoms with Crippen LogP contribution in [-0.4, -0.2) is 106 Å². The Labute approximate surface area is 421 Å². The van der Waals surface area contributed by atoms with E-state index < -0.39 is 0 Å². The maximum atomic E-state index is 12.5. The number of carbonyl (C=O) groups excluding carboxylic acids is 5. The molecule has 0 aliphatic heterocycles. The van der Waals surface area contributed by atoms with E-state index in [1.54, 1.807) is 0 Å². The molecule has 0 aliphatic carbocycles. The van der Waals surface area contributed by atoms with Crippen molar-refractivity contribution in [1.29, 1.82) is 0 Å². The first-order valence-corrected chi connectivity index (χ1v) is 28.0. The molecule has 406 valence electrons. The van der Waals surface area contributed by atoms with Gasteiger partial charge in [-0.1, -0.05) is 137 Å². The summed E-state index contributed by atoms with van der Waals surface area (Å²) in [6.45, 7) is 14.6. The zero-order valence-electron chi connectivity index (χ0n) is 45.6. The Morgan fingerprint density at radius 1 is 0.435 bits per heavy atom. The SMILES string of the molecule is CCCCCCC(CCC)OC(=O)CCN=O.CCCCCCCCC(CC)OC(=O)CCCCC(=O)OCC(COC(=O)CCCCC(=O)OC(CC)CCCCCCCC)NCCCN(C)C. The Kier molecular flexibility index (Phi) is 50.5. The van der Waals surface area contributed by atoms with Crippen LogP contribution in [0.25, 0.3) is 0 Å². The van der Waals surface area contributed by atoms with Crippen LogP contribution in [0.15, 0.2) is 5.18 Å². The third-order valence-corrected chi connectivity index (χ3v) is 12.1. The monoisotopic (exact) mass is 984 g/mol. The Hall–Kier alpha value is -3.13. The van der Waals surface area contributed by atoms with Gasteiger partial charge in [0.05, 0.1) is 19.0 Å². The summed E-state index contributed by atoms with van der Waals surface area (Å²) in [7, 11) is 4.02. The molecule has 0 aliphatic rings. The van der Waals surface area contributed by atoms with Crippen LogP contribution >= 0.6 is 0 Å². The van der Waals surface area contributed by atoms with E-state index in [9.17, 15) is 28.9 Å². The highest BCUT2D eigenvalue weighted by atomic mass is 16.6. The molecule has 0 amide bonds. The predicted molar refractivity (Wildman–Crippen MR) is 279 cm³/mol. The molecule has 0 spiro atoms. The van der Waals surface area contributed by atoms with Gasteiger partial charge in [-0.2, -0.15) is 4.91 Å². The van der Waals surface area contributed by atoms with E-state index in [0.717, 1.165) is 77.2 Å². The van der Waals surface area contributed by atoms with Crippen molar-refractivity contribution in [1.82, 2.24) is 10.2 Å². The molecule has 1 N–H and O–H groups in total. The van der Waals surface area contributed by atoms with Crippen molar-refractivity contribution < 1.29 is 47.7 Å². The molecule has 0 aromatic carbocycles. The first kappa shape index (κ1) is 67.9. The van der Waals surface area contributed by atoms with Crippen molar-refractivity contribution in [3.8, 4) is 0 Å². The largest absolute Gasteiger partial charge is 0.464 e. The zero-order valence-corrected chi connectivity index (χ0v) is 45.6. The van der Waals surface area contributed by atoms with Gasteiger partial charge in [0, 0.05) is 25.7 Å². The maximum Gasteiger partial charge on any atom is 0.308 e. The average Bonchev–Trinajstić information content (AvgIpc) is 3.33. The number of rotatable bonds is 48. The molecule has 0 bridgehead atoms. The van der Waals surface area contributed by atoms with E-state index in [-0.39, 0.29) is 93.2 Å². The van der Waals surface area contributed by atoms with Crippen LogP contribution in [0.5, 0.6) is 0 Å². The van der Waals surface area contributed by atoms with Gasteiger partial charge in [0.2, 0.25) is 0 Å². The second kappa shape index (κ2) is 51.2. The molecule has 0 heterocycles. The molecule has 0 rings (SSSR count). The fourth-order valence-corrected chi connectivity index (χ4v) is 7.73. The summed E-state index contributed by atoms with van der Waals surface area (Å²) in [5, 5.41) is 6.01. The quantitative estimate of drug-likeness (QED) is 0.0264. The number of unbranched alkanes of at least 4 members (excludes halogenated alkanes) is 15. The summed E-state index contributed by atoms with van der Waals surface area (Å²) in [4.78, 5) is 73.0. The molecular formula is C55H105N3O11.